The van der Waals surface area contributed by atoms with E-state index in [0.29, 0.717) is 15.6 Å². The molecule has 0 atom stereocenters. The van der Waals surface area contributed by atoms with Gasteiger partial charge in [0, 0.05) is 10.7 Å². The van der Waals surface area contributed by atoms with Gasteiger partial charge < -0.3 is 5.32 Å². The zero-order chi connectivity index (χ0) is 18.9. The summed E-state index contributed by atoms with van der Waals surface area (Å²) < 4.78 is 25.4. The summed E-state index contributed by atoms with van der Waals surface area (Å²) in [4.78, 5) is 12.9. The molecule has 1 aromatic heterocycles. The largest absolute Gasteiger partial charge is 0.321 e. The molecule has 0 bridgehead atoms. The molecule has 0 unspecified atom stereocenters. The highest BCUT2D eigenvalue weighted by molar-refractivity contribution is 7.93. The molecule has 0 radical (unpaired) electrons. The summed E-state index contributed by atoms with van der Waals surface area (Å²) in [5.41, 5.74) is 2.76. The first-order chi connectivity index (χ1) is 12.3. The number of carbonyl (C=O) groups is 1. The molecule has 0 saturated carbocycles. The third-order valence-electron chi connectivity index (χ3n) is 3.67. The second-order valence-electron chi connectivity index (χ2n) is 5.91. The number of aryl methyl sites for hydroxylation is 2. The van der Waals surface area contributed by atoms with E-state index in [9.17, 15) is 13.2 Å². The van der Waals surface area contributed by atoms with Crippen LogP contribution in [0, 0.1) is 13.8 Å². The highest BCUT2D eigenvalue weighted by Gasteiger charge is 2.21. The van der Waals surface area contributed by atoms with Crippen LogP contribution in [0.5, 0.6) is 0 Å². The van der Waals surface area contributed by atoms with Gasteiger partial charge in [-0.25, -0.2) is 8.42 Å². The van der Waals surface area contributed by atoms with Crippen molar-refractivity contribution in [1.82, 2.24) is 0 Å². The van der Waals surface area contributed by atoms with Crippen molar-refractivity contribution in [3.63, 3.8) is 0 Å². The van der Waals surface area contributed by atoms with Gasteiger partial charge >= 0.3 is 0 Å². The van der Waals surface area contributed by atoms with Gasteiger partial charge in [0.05, 0.1) is 9.77 Å². The van der Waals surface area contributed by atoms with Gasteiger partial charge in [0.25, 0.3) is 5.91 Å². The molecule has 0 aliphatic carbocycles. The fourth-order valence-corrected chi connectivity index (χ4v) is 5.29. The summed E-state index contributed by atoms with van der Waals surface area (Å²) in [6.45, 7) is 3.90. The number of benzene rings is 2. The van der Waals surface area contributed by atoms with E-state index in [0.717, 1.165) is 22.5 Å². The zero-order valence-electron chi connectivity index (χ0n) is 14.1. The first kappa shape index (κ1) is 18.6. The maximum Gasteiger partial charge on any atom is 0.265 e. The predicted octanol–water partition coefficient (Wildman–Crippen LogP) is 5.10. The Bertz CT molecular complexity index is 1050. The van der Waals surface area contributed by atoms with Gasteiger partial charge in [-0.3, -0.25) is 4.79 Å². The number of anilines is 1. The van der Waals surface area contributed by atoms with E-state index in [1.54, 1.807) is 0 Å². The summed E-state index contributed by atoms with van der Waals surface area (Å²) >= 11 is 6.75. The van der Waals surface area contributed by atoms with E-state index < -0.39 is 9.84 Å². The zero-order valence-corrected chi connectivity index (χ0v) is 16.5. The van der Waals surface area contributed by atoms with Crippen molar-refractivity contribution < 1.29 is 13.2 Å². The Morgan fingerprint density at radius 3 is 2.19 bits per heavy atom. The van der Waals surface area contributed by atoms with Crippen molar-refractivity contribution in [1.29, 1.82) is 0 Å². The van der Waals surface area contributed by atoms with Crippen LogP contribution in [-0.4, -0.2) is 14.3 Å². The molecule has 2 aromatic carbocycles. The van der Waals surface area contributed by atoms with Crippen molar-refractivity contribution in [3.05, 3.63) is 75.6 Å². The van der Waals surface area contributed by atoms with Gasteiger partial charge in [-0.15, -0.1) is 11.3 Å². The number of hydrogen-bond acceptors (Lipinski definition) is 4. The molecule has 0 aliphatic heterocycles. The molecule has 1 N–H and O–H groups in total. The number of amides is 1. The van der Waals surface area contributed by atoms with Gasteiger partial charge in [-0.1, -0.05) is 17.7 Å². The minimum atomic E-state index is -3.67. The summed E-state index contributed by atoms with van der Waals surface area (Å²) in [5, 5.41) is 3.27. The molecule has 7 heteroatoms. The van der Waals surface area contributed by atoms with Crippen molar-refractivity contribution in [2.24, 2.45) is 0 Å². The van der Waals surface area contributed by atoms with E-state index in [-0.39, 0.29) is 15.0 Å². The van der Waals surface area contributed by atoms with Crippen LogP contribution in [0.3, 0.4) is 0 Å². The Balaban J connectivity index is 1.84. The van der Waals surface area contributed by atoms with Crippen molar-refractivity contribution in [3.8, 4) is 0 Å². The van der Waals surface area contributed by atoms with Gasteiger partial charge in [-0.05, 0) is 73.5 Å². The lowest BCUT2D eigenvalue weighted by atomic mass is 10.1. The first-order valence-electron chi connectivity index (χ1n) is 7.76. The van der Waals surface area contributed by atoms with E-state index >= 15 is 0 Å². The lowest BCUT2D eigenvalue weighted by Crippen LogP contribution is -2.10. The van der Waals surface area contributed by atoms with E-state index in [1.165, 1.54) is 36.4 Å². The molecular weight excluding hydrogens is 390 g/mol. The highest BCUT2D eigenvalue weighted by atomic mass is 35.5. The first-order valence-corrected chi connectivity index (χ1v) is 10.4. The summed E-state index contributed by atoms with van der Waals surface area (Å²) in [5.74, 6) is -0.336. The van der Waals surface area contributed by atoms with Crippen LogP contribution in [0.1, 0.15) is 20.8 Å². The summed E-state index contributed by atoms with van der Waals surface area (Å²) in [6.07, 6.45) is 0. The fourth-order valence-electron chi connectivity index (χ4n) is 2.56. The number of nitrogens with one attached hydrogen (secondary N) is 1. The maximum absolute atomic E-state index is 12.7. The molecule has 26 heavy (non-hydrogen) atoms. The van der Waals surface area contributed by atoms with Crippen LogP contribution in [0.4, 0.5) is 5.69 Å². The molecule has 4 nitrogen and oxygen atoms in total. The number of hydrogen-bond donors (Lipinski definition) is 1. The standard InChI is InChI=1S/C19H16ClNO3S2/c1-12-9-13(2)11-15(10-12)21-19(22)17-7-8-18(25-17)26(23,24)16-5-3-14(20)4-6-16/h3-11H,1-2H3,(H,21,22). The van der Waals surface area contributed by atoms with Gasteiger partial charge in [0.1, 0.15) is 4.21 Å². The summed E-state index contributed by atoms with van der Waals surface area (Å²) in [6, 6.07) is 14.7. The SMILES string of the molecule is Cc1cc(C)cc(NC(=O)c2ccc(S(=O)(=O)c3ccc(Cl)cc3)s2)c1. The Morgan fingerprint density at radius 2 is 1.58 bits per heavy atom. The number of halogens is 1. The minimum Gasteiger partial charge on any atom is -0.321 e. The van der Waals surface area contributed by atoms with Crippen LogP contribution in [0.15, 0.2) is 63.7 Å². The van der Waals surface area contributed by atoms with Crippen LogP contribution < -0.4 is 5.32 Å². The second-order valence-corrected chi connectivity index (χ2v) is 9.60. The highest BCUT2D eigenvalue weighted by Crippen LogP contribution is 2.29. The second kappa shape index (κ2) is 7.23. The molecule has 0 saturated heterocycles. The normalized spacial score (nSPS) is 11.3. The third-order valence-corrected chi connectivity index (χ3v) is 7.27. The Labute approximate surface area is 161 Å². The molecule has 0 fully saturated rings. The fraction of sp³-hybridized carbons (Fsp3) is 0.105. The molecule has 1 amide bonds. The van der Waals surface area contributed by atoms with Crippen LogP contribution >= 0.6 is 22.9 Å². The van der Waals surface area contributed by atoms with E-state index in [4.69, 9.17) is 11.6 Å². The van der Waals surface area contributed by atoms with E-state index in [1.807, 2.05) is 32.0 Å². The Kier molecular flexibility index (Phi) is 5.18. The third kappa shape index (κ3) is 3.98. The lowest BCUT2D eigenvalue weighted by molar-refractivity contribution is 0.103. The molecule has 1 heterocycles. The van der Waals surface area contributed by atoms with Crippen LogP contribution in [0.25, 0.3) is 0 Å². The van der Waals surface area contributed by atoms with Crippen LogP contribution in [-0.2, 0) is 9.84 Å². The van der Waals surface area contributed by atoms with Crippen molar-refractivity contribution >= 4 is 44.4 Å². The minimum absolute atomic E-state index is 0.116. The van der Waals surface area contributed by atoms with E-state index in [2.05, 4.69) is 5.32 Å². The predicted molar refractivity (Wildman–Crippen MR) is 105 cm³/mol. The average Bonchev–Trinajstić information content (AvgIpc) is 3.05. The molecule has 3 rings (SSSR count). The topological polar surface area (TPSA) is 63.2 Å². The van der Waals surface area contributed by atoms with Crippen molar-refractivity contribution in [2.75, 3.05) is 5.32 Å². The van der Waals surface area contributed by atoms with Gasteiger partial charge in [-0.2, -0.15) is 0 Å². The van der Waals surface area contributed by atoms with Gasteiger partial charge in [0.15, 0.2) is 0 Å². The molecule has 0 aliphatic rings. The summed E-state index contributed by atoms with van der Waals surface area (Å²) in [7, 11) is -3.67. The monoisotopic (exact) mass is 405 g/mol. The number of rotatable bonds is 4. The van der Waals surface area contributed by atoms with Gasteiger partial charge in [0.2, 0.25) is 9.84 Å². The lowest BCUT2D eigenvalue weighted by Gasteiger charge is -2.06. The molecule has 0 spiro atoms. The quantitative estimate of drug-likeness (QED) is 0.656. The molecule has 134 valence electrons. The Hall–Kier alpha value is -2.15. The number of thiophene rings is 1. The number of sulfone groups is 1. The van der Waals surface area contributed by atoms with Crippen LogP contribution in [0.2, 0.25) is 5.02 Å². The molecule has 3 aromatic rings. The molecular formula is C19H16ClNO3S2. The van der Waals surface area contributed by atoms with Crippen molar-refractivity contribution in [2.45, 2.75) is 23.0 Å². The average molecular weight is 406 g/mol. The Morgan fingerprint density at radius 1 is 0.962 bits per heavy atom. The maximum atomic E-state index is 12.7. The smallest absolute Gasteiger partial charge is 0.265 e. The number of carbonyl (C=O) groups excluding carboxylic acids is 1.